The molecular weight excluding hydrogens is 378 g/mol. The first-order chi connectivity index (χ1) is 14.3. The second kappa shape index (κ2) is 9.03. The van der Waals surface area contributed by atoms with Crippen molar-refractivity contribution in [2.24, 2.45) is 11.8 Å². The van der Waals surface area contributed by atoms with Gasteiger partial charge < -0.3 is 10.1 Å². The highest BCUT2D eigenvalue weighted by Crippen LogP contribution is 2.30. The Morgan fingerprint density at radius 3 is 2.53 bits per heavy atom. The number of nitrogens with zero attached hydrogens (tertiary/aromatic N) is 2. The van der Waals surface area contributed by atoms with Crippen molar-refractivity contribution in [1.29, 1.82) is 0 Å². The number of amides is 1. The molecule has 1 saturated carbocycles. The minimum absolute atomic E-state index is 0.0322. The summed E-state index contributed by atoms with van der Waals surface area (Å²) in [5.41, 5.74) is 3.37. The molecule has 6 heteroatoms. The largest absolute Gasteiger partial charge is 0.469 e. The van der Waals surface area contributed by atoms with E-state index in [9.17, 15) is 9.59 Å². The van der Waals surface area contributed by atoms with Gasteiger partial charge in [0.15, 0.2) is 0 Å². The van der Waals surface area contributed by atoms with Crippen LogP contribution in [0.5, 0.6) is 0 Å². The van der Waals surface area contributed by atoms with Gasteiger partial charge in [-0.1, -0.05) is 18.7 Å². The van der Waals surface area contributed by atoms with Crippen LogP contribution in [0, 0.1) is 11.8 Å². The maximum absolute atomic E-state index is 11.9. The lowest BCUT2D eigenvalue weighted by Gasteiger charge is -2.13. The van der Waals surface area contributed by atoms with E-state index in [1.807, 2.05) is 38.1 Å². The minimum atomic E-state index is -0.416. The van der Waals surface area contributed by atoms with Gasteiger partial charge in [-0.2, -0.15) is 0 Å². The van der Waals surface area contributed by atoms with Gasteiger partial charge in [0.2, 0.25) is 5.91 Å². The van der Waals surface area contributed by atoms with Gasteiger partial charge in [0.05, 0.1) is 18.7 Å². The molecule has 6 nitrogen and oxygen atoms in total. The third kappa shape index (κ3) is 4.82. The highest BCUT2D eigenvalue weighted by atomic mass is 16.5. The molecule has 1 aliphatic carbocycles. The number of carbonyl (C=O) groups excluding carboxylic acids is 2. The summed E-state index contributed by atoms with van der Waals surface area (Å²) in [6, 6.07) is 3.80. The smallest absolute Gasteiger partial charge is 0.312 e. The third-order valence-corrected chi connectivity index (χ3v) is 5.30. The first kappa shape index (κ1) is 21.4. The summed E-state index contributed by atoms with van der Waals surface area (Å²) in [6.45, 7) is 9.68. The number of ether oxygens (including phenoxy) is 1. The molecule has 1 atom stereocenters. The van der Waals surface area contributed by atoms with Gasteiger partial charge in [0, 0.05) is 29.1 Å². The molecule has 1 unspecified atom stereocenters. The molecule has 0 spiro atoms. The van der Waals surface area contributed by atoms with Crippen LogP contribution in [0.25, 0.3) is 16.3 Å². The van der Waals surface area contributed by atoms with Crippen LogP contribution in [0.1, 0.15) is 39.3 Å². The number of pyridine rings is 2. The molecule has 1 amide bonds. The Bertz CT molecular complexity index is 1060. The van der Waals surface area contributed by atoms with E-state index in [0.717, 1.165) is 40.5 Å². The van der Waals surface area contributed by atoms with Crippen LogP contribution < -0.4 is 5.32 Å². The van der Waals surface area contributed by atoms with Crippen LogP contribution in [0.15, 0.2) is 54.4 Å². The minimum Gasteiger partial charge on any atom is -0.469 e. The summed E-state index contributed by atoms with van der Waals surface area (Å²) < 4.78 is 4.80. The van der Waals surface area contributed by atoms with Gasteiger partial charge in [0.1, 0.15) is 5.82 Å². The average Bonchev–Trinajstić information content (AvgIpc) is 3.58. The second-order valence-corrected chi connectivity index (χ2v) is 7.60. The van der Waals surface area contributed by atoms with Gasteiger partial charge in [-0.3, -0.25) is 14.6 Å². The number of anilines is 1. The summed E-state index contributed by atoms with van der Waals surface area (Å²) in [5.74, 6) is -0.0208. The molecule has 3 rings (SSSR count). The average molecular weight is 405 g/mol. The Labute approximate surface area is 176 Å². The topological polar surface area (TPSA) is 81.2 Å². The first-order valence-electron chi connectivity index (χ1n) is 10.0. The predicted octanol–water partition coefficient (Wildman–Crippen LogP) is 4.69. The maximum atomic E-state index is 11.9. The zero-order valence-electron chi connectivity index (χ0n) is 17.9. The number of hydrogen-bond donors (Lipinski definition) is 1. The number of allylic oxidation sites excluding steroid dienone is 4. The number of fused-ring (bicyclic) bond motifs is 1. The molecule has 2 aromatic heterocycles. The van der Waals surface area contributed by atoms with Gasteiger partial charge in [0.25, 0.3) is 0 Å². The van der Waals surface area contributed by atoms with E-state index in [4.69, 9.17) is 4.74 Å². The van der Waals surface area contributed by atoms with Crippen molar-refractivity contribution in [3.8, 4) is 0 Å². The Morgan fingerprint density at radius 2 is 1.90 bits per heavy atom. The van der Waals surface area contributed by atoms with E-state index >= 15 is 0 Å². The molecule has 0 saturated heterocycles. The highest BCUT2D eigenvalue weighted by Gasteiger charge is 2.29. The second-order valence-electron chi connectivity index (χ2n) is 7.60. The fourth-order valence-corrected chi connectivity index (χ4v) is 3.21. The van der Waals surface area contributed by atoms with Crippen molar-refractivity contribution in [2.45, 2.75) is 33.6 Å². The molecule has 0 aliphatic heterocycles. The zero-order chi connectivity index (χ0) is 21.8. The van der Waals surface area contributed by atoms with E-state index in [0.29, 0.717) is 11.4 Å². The lowest BCUT2D eigenvalue weighted by Crippen LogP contribution is -2.14. The van der Waals surface area contributed by atoms with Crippen molar-refractivity contribution in [1.82, 2.24) is 9.97 Å². The summed E-state index contributed by atoms with van der Waals surface area (Å²) in [5, 5.41) is 4.70. The van der Waals surface area contributed by atoms with Crippen molar-refractivity contribution < 1.29 is 14.3 Å². The molecule has 0 radical (unpaired) electrons. The van der Waals surface area contributed by atoms with Crippen LogP contribution in [0.3, 0.4) is 0 Å². The van der Waals surface area contributed by atoms with Gasteiger partial charge in [-0.25, -0.2) is 4.98 Å². The Kier molecular flexibility index (Phi) is 6.45. The zero-order valence-corrected chi connectivity index (χ0v) is 17.9. The standard InChI is InChI=1S/C24H27N3O3/c1-6-20(15(3)9-14(2)16(4)24(29)30-5)21-10-18-13-26-22(11-19(18)12-25-21)27-23(28)17-7-8-17/h6,9-13,16-17H,2,7-8H2,1,3-5H3,(H,26,27,28)/b15-9-,20-6+. The third-order valence-electron chi connectivity index (χ3n) is 5.30. The maximum Gasteiger partial charge on any atom is 0.312 e. The number of carbonyl (C=O) groups is 2. The molecule has 2 aromatic rings. The van der Waals surface area contributed by atoms with Crippen LogP contribution in [0.2, 0.25) is 0 Å². The fourth-order valence-electron chi connectivity index (χ4n) is 3.21. The van der Waals surface area contributed by atoms with Crippen molar-refractivity contribution >= 4 is 34.0 Å². The molecule has 1 N–H and O–H groups in total. The van der Waals surface area contributed by atoms with Crippen LogP contribution in [-0.4, -0.2) is 29.0 Å². The number of hydrogen-bond acceptors (Lipinski definition) is 5. The Balaban J connectivity index is 1.83. The van der Waals surface area contributed by atoms with E-state index in [1.165, 1.54) is 7.11 Å². The molecule has 2 heterocycles. The number of rotatable bonds is 7. The predicted molar refractivity (Wildman–Crippen MR) is 119 cm³/mol. The van der Waals surface area contributed by atoms with Gasteiger partial charge in [-0.05, 0) is 62.5 Å². The summed E-state index contributed by atoms with van der Waals surface area (Å²) in [7, 11) is 1.37. The van der Waals surface area contributed by atoms with Gasteiger partial charge in [-0.15, -0.1) is 0 Å². The van der Waals surface area contributed by atoms with E-state index in [1.54, 1.807) is 19.3 Å². The van der Waals surface area contributed by atoms with Crippen molar-refractivity contribution in [3.63, 3.8) is 0 Å². The number of esters is 1. The fraction of sp³-hybridized carbons (Fsp3) is 0.333. The summed E-state index contributed by atoms with van der Waals surface area (Å²) >= 11 is 0. The quantitative estimate of drug-likeness (QED) is 0.534. The summed E-state index contributed by atoms with van der Waals surface area (Å²) in [4.78, 5) is 32.7. The molecule has 1 aliphatic rings. The molecule has 0 bridgehead atoms. The van der Waals surface area contributed by atoms with E-state index < -0.39 is 5.92 Å². The highest BCUT2D eigenvalue weighted by molar-refractivity contribution is 5.95. The summed E-state index contributed by atoms with van der Waals surface area (Å²) in [6.07, 6.45) is 9.29. The normalized spacial score (nSPS) is 15.6. The van der Waals surface area contributed by atoms with Gasteiger partial charge >= 0.3 is 5.97 Å². The molecule has 156 valence electrons. The van der Waals surface area contributed by atoms with Crippen LogP contribution >= 0.6 is 0 Å². The SMILES string of the molecule is C=C(/C=C(C)\C(=C/C)c1cc2cnc(NC(=O)C3CC3)cc2cn1)C(C)C(=O)OC. The number of nitrogens with one attached hydrogen (secondary N) is 1. The monoisotopic (exact) mass is 405 g/mol. The molecule has 1 fully saturated rings. The van der Waals surface area contributed by atoms with Crippen LogP contribution in [-0.2, 0) is 14.3 Å². The first-order valence-corrected chi connectivity index (χ1v) is 10.0. The lowest BCUT2D eigenvalue weighted by molar-refractivity contribution is -0.143. The van der Waals surface area contributed by atoms with Crippen LogP contribution in [0.4, 0.5) is 5.82 Å². The van der Waals surface area contributed by atoms with Crippen molar-refractivity contribution in [2.75, 3.05) is 12.4 Å². The number of methoxy groups -OCH3 is 1. The lowest BCUT2D eigenvalue weighted by atomic mass is 9.96. The molecular formula is C24H27N3O3. The van der Waals surface area contributed by atoms with Crippen molar-refractivity contribution in [3.05, 3.63) is 60.1 Å². The molecule has 0 aromatic carbocycles. The van der Waals surface area contributed by atoms with E-state index in [2.05, 4.69) is 21.9 Å². The number of aromatic nitrogens is 2. The molecule has 30 heavy (non-hydrogen) atoms. The Morgan fingerprint density at radius 1 is 1.23 bits per heavy atom. The Hall–Kier alpha value is -3.28. The van der Waals surface area contributed by atoms with E-state index in [-0.39, 0.29) is 17.8 Å².